The summed E-state index contributed by atoms with van der Waals surface area (Å²) in [6.45, 7) is 0. The minimum atomic E-state index is 0.0431. The third-order valence-corrected chi connectivity index (χ3v) is 3.53. The average Bonchev–Trinajstić information content (AvgIpc) is 2.97. The lowest BCUT2D eigenvalue weighted by Crippen LogP contribution is -2.30. The average molecular weight is 205 g/mol. The zero-order chi connectivity index (χ0) is 10.3. The van der Waals surface area contributed by atoms with Crippen LogP contribution in [0.4, 0.5) is 0 Å². The quantitative estimate of drug-likeness (QED) is 0.707. The predicted octanol–water partition coefficient (Wildman–Crippen LogP) is 1.95. The molecule has 3 heteroatoms. The molecule has 15 heavy (non-hydrogen) atoms. The van der Waals surface area contributed by atoms with Crippen LogP contribution in [0, 0.1) is 5.92 Å². The summed E-state index contributed by atoms with van der Waals surface area (Å²) in [6.07, 6.45) is 4.70. The summed E-state index contributed by atoms with van der Waals surface area (Å²) in [4.78, 5) is 4.42. The Bertz CT molecular complexity index is 341. The van der Waals surface area contributed by atoms with Crippen LogP contribution in [-0.2, 0) is 9.47 Å². The molecule has 2 heterocycles. The number of ether oxygens (including phenoxy) is 2. The summed E-state index contributed by atoms with van der Waals surface area (Å²) in [6, 6.07) is 6.13. The zero-order valence-corrected chi connectivity index (χ0v) is 8.80. The van der Waals surface area contributed by atoms with Crippen LogP contribution >= 0.6 is 0 Å². The number of rotatable bonds is 3. The molecule has 3 rings (SSSR count). The Labute approximate surface area is 89.4 Å². The maximum absolute atomic E-state index is 5.47. The highest BCUT2D eigenvalue weighted by Crippen LogP contribution is 2.50. The minimum Gasteiger partial charge on any atom is -0.353 e. The molecule has 0 N–H and O–H groups in total. The number of methoxy groups -OCH3 is 1. The molecule has 1 aliphatic carbocycles. The van der Waals surface area contributed by atoms with Gasteiger partial charge in [-0.3, -0.25) is 4.98 Å². The van der Waals surface area contributed by atoms with Gasteiger partial charge in [0.05, 0.1) is 0 Å². The molecule has 2 aliphatic rings. The topological polar surface area (TPSA) is 34.6 Å². The zero-order valence-electron chi connectivity index (χ0n) is 8.80. The van der Waals surface area contributed by atoms with Crippen molar-refractivity contribution in [3.05, 3.63) is 30.1 Å². The number of hydrogen-bond acceptors (Lipinski definition) is 3. The van der Waals surface area contributed by atoms with Crippen molar-refractivity contribution in [3.8, 4) is 0 Å². The third kappa shape index (κ3) is 1.56. The second-order valence-corrected chi connectivity index (χ2v) is 4.31. The van der Waals surface area contributed by atoms with Gasteiger partial charge in [-0.15, -0.1) is 0 Å². The van der Waals surface area contributed by atoms with Crippen LogP contribution in [0.2, 0.25) is 0 Å². The van der Waals surface area contributed by atoms with Crippen LogP contribution in [0.3, 0.4) is 0 Å². The lowest BCUT2D eigenvalue weighted by Gasteiger charge is -2.35. The molecule has 1 aromatic heterocycles. The molecule has 4 atom stereocenters. The van der Waals surface area contributed by atoms with Crippen LogP contribution in [0.1, 0.15) is 24.5 Å². The summed E-state index contributed by atoms with van der Waals surface area (Å²) >= 11 is 0. The summed E-state index contributed by atoms with van der Waals surface area (Å²) in [7, 11) is 1.71. The van der Waals surface area contributed by atoms with Gasteiger partial charge in [0.15, 0.2) is 6.29 Å². The predicted molar refractivity (Wildman–Crippen MR) is 55.4 cm³/mol. The van der Waals surface area contributed by atoms with Gasteiger partial charge in [-0.1, -0.05) is 6.07 Å². The first-order chi connectivity index (χ1) is 7.40. The van der Waals surface area contributed by atoms with Crippen LogP contribution in [0.15, 0.2) is 24.4 Å². The fraction of sp³-hybridized carbons (Fsp3) is 0.583. The van der Waals surface area contributed by atoms with E-state index in [0.29, 0.717) is 17.9 Å². The maximum Gasteiger partial charge on any atom is 0.184 e. The largest absolute Gasteiger partial charge is 0.353 e. The van der Waals surface area contributed by atoms with E-state index in [1.54, 1.807) is 7.11 Å². The highest BCUT2D eigenvalue weighted by Gasteiger charge is 2.52. The van der Waals surface area contributed by atoms with Crippen molar-refractivity contribution >= 4 is 0 Å². The number of pyridine rings is 1. The molecule has 0 bridgehead atoms. The minimum absolute atomic E-state index is 0.0431. The molecule has 4 unspecified atom stereocenters. The molecule has 0 spiro atoms. The smallest absolute Gasteiger partial charge is 0.184 e. The molecular formula is C12H15NO2. The Morgan fingerprint density at radius 1 is 1.40 bits per heavy atom. The number of aromatic nitrogens is 1. The van der Waals surface area contributed by atoms with Gasteiger partial charge in [0.2, 0.25) is 0 Å². The van der Waals surface area contributed by atoms with Gasteiger partial charge in [-0.25, -0.2) is 0 Å². The lowest BCUT2D eigenvalue weighted by molar-refractivity contribution is 0.0950. The van der Waals surface area contributed by atoms with Gasteiger partial charge in [0, 0.05) is 24.9 Å². The molecular weight excluding hydrogens is 190 g/mol. The van der Waals surface area contributed by atoms with Crippen LogP contribution in [0.25, 0.3) is 0 Å². The van der Waals surface area contributed by atoms with Crippen molar-refractivity contribution < 1.29 is 9.47 Å². The molecule has 3 nitrogen and oxygen atoms in total. The van der Waals surface area contributed by atoms with Gasteiger partial charge >= 0.3 is 0 Å². The second-order valence-electron chi connectivity index (χ2n) is 4.31. The fourth-order valence-electron chi connectivity index (χ4n) is 2.48. The SMILES string of the molecule is COC1OC1C1CCC1c1ccccn1. The highest BCUT2D eigenvalue weighted by atomic mass is 16.8. The fourth-order valence-corrected chi connectivity index (χ4v) is 2.48. The van der Waals surface area contributed by atoms with E-state index < -0.39 is 0 Å². The van der Waals surface area contributed by atoms with Crippen molar-refractivity contribution in [2.45, 2.75) is 31.2 Å². The van der Waals surface area contributed by atoms with Crippen molar-refractivity contribution in [1.82, 2.24) is 4.98 Å². The number of epoxide rings is 1. The van der Waals surface area contributed by atoms with Gasteiger partial charge in [-0.2, -0.15) is 0 Å². The monoisotopic (exact) mass is 205 g/mol. The lowest BCUT2D eigenvalue weighted by atomic mass is 9.70. The van der Waals surface area contributed by atoms with Crippen molar-refractivity contribution in [2.75, 3.05) is 7.11 Å². The molecule has 1 saturated heterocycles. The Balaban J connectivity index is 1.69. The Kier molecular flexibility index (Phi) is 2.22. The van der Waals surface area contributed by atoms with E-state index in [4.69, 9.17) is 9.47 Å². The normalized spacial score (nSPS) is 38.5. The summed E-state index contributed by atoms with van der Waals surface area (Å²) in [5, 5.41) is 0. The molecule has 0 amide bonds. The number of nitrogens with zero attached hydrogens (tertiary/aromatic N) is 1. The Morgan fingerprint density at radius 2 is 2.33 bits per heavy atom. The molecule has 2 fully saturated rings. The highest BCUT2D eigenvalue weighted by molar-refractivity contribution is 5.16. The van der Waals surface area contributed by atoms with Gasteiger partial charge in [-0.05, 0) is 30.9 Å². The second kappa shape index (κ2) is 3.58. The van der Waals surface area contributed by atoms with Crippen molar-refractivity contribution in [3.63, 3.8) is 0 Å². The molecule has 80 valence electrons. The van der Waals surface area contributed by atoms with Crippen LogP contribution in [-0.4, -0.2) is 24.5 Å². The Morgan fingerprint density at radius 3 is 2.87 bits per heavy atom. The van der Waals surface area contributed by atoms with Gasteiger partial charge in [0.25, 0.3) is 0 Å². The third-order valence-electron chi connectivity index (χ3n) is 3.53. The molecule has 1 aromatic rings. The van der Waals surface area contributed by atoms with E-state index in [9.17, 15) is 0 Å². The number of hydrogen-bond donors (Lipinski definition) is 0. The van der Waals surface area contributed by atoms with E-state index in [1.807, 2.05) is 12.3 Å². The van der Waals surface area contributed by atoms with E-state index in [1.165, 1.54) is 18.5 Å². The maximum atomic E-state index is 5.47. The molecule has 1 aliphatic heterocycles. The van der Waals surface area contributed by atoms with Crippen LogP contribution < -0.4 is 0 Å². The first kappa shape index (κ1) is 9.31. The van der Waals surface area contributed by atoms with E-state index in [-0.39, 0.29) is 6.29 Å². The van der Waals surface area contributed by atoms with Crippen molar-refractivity contribution in [1.29, 1.82) is 0 Å². The van der Waals surface area contributed by atoms with E-state index >= 15 is 0 Å². The van der Waals surface area contributed by atoms with E-state index in [2.05, 4.69) is 17.1 Å². The first-order valence-electron chi connectivity index (χ1n) is 5.49. The van der Waals surface area contributed by atoms with Crippen LogP contribution in [0.5, 0.6) is 0 Å². The van der Waals surface area contributed by atoms with Gasteiger partial charge < -0.3 is 9.47 Å². The molecule has 0 radical (unpaired) electrons. The molecule has 0 aromatic carbocycles. The summed E-state index contributed by atoms with van der Waals surface area (Å²) in [5.74, 6) is 1.20. The van der Waals surface area contributed by atoms with Crippen molar-refractivity contribution in [2.24, 2.45) is 5.92 Å². The standard InChI is InChI=1S/C12H15NO2/c1-14-12-11(15-12)9-6-5-8(9)10-4-2-3-7-13-10/h2-4,7-9,11-12H,5-6H2,1H3. The Hall–Kier alpha value is -0.930. The summed E-state index contributed by atoms with van der Waals surface area (Å²) in [5.41, 5.74) is 1.21. The van der Waals surface area contributed by atoms with Gasteiger partial charge in [0.1, 0.15) is 6.10 Å². The molecule has 1 saturated carbocycles. The summed E-state index contributed by atoms with van der Waals surface area (Å²) < 4.78 is 10.6. The van der Waals surface area contributed by atoms with E-state index in [0.717, 1.165) is 0 Å². The first-order valence-corrected chi connectivity index (χ1v) is 5.49.